The Bertz CT molecular complexity index is 396. The van der Waals surface area contributed by atoms with E-state index in [9.17, 15) is 9.90 Å². The van der Waals surface area contributed by atoms with Crippen LogP contribution in [0.15, 0.2) is 24.3 Å². The van der Waals surface area contributed by atoms with E-state index in [1.54, 1.807) is 18.2 Å². The monoisotopic (exact) mass is 222 g/mol. The lowest BCUT2D eigenvalue weighted by molar-refractivity contribution is -0.117. The first kappa shape index (κ1) is 12.3. The lowest BCUT2D eigenvalue weighted by Crippen LogP contribution is -2.01. The van der Waals surface area contributed by atoms with Crippen molar-refractivity contribution < 1.29 is 19.4 Å². The van der Waals surface area contributed by atoms with Crippen molar-refractivity contribution in [3.05, 3.63) is 29.8 Å². The number of hydrogen-bond donors (Lipinski definition) is 1. The van der Waals surface area contributed by atoms with E-state index in [1.807, 2.05) is 0 Å². The van der Waals surface area contributed by atoms with Crippen LogP contribution >= 0.6 is 0 Å². The maximum absolute atomic E-state index is 11.1. The fourth-order valence-corrected chi connectivity index (χ4v) is 1.18. The van der Waals surface area contributed by atoms with Gasteiger partial charge in [-0.15, -0.1) is 0 Å². The van der Waals surface area contributed by atoms with Gasteiger partial charge in [-0.2, -0.15) is 0 Å². The third kappa shape index (κ3) is 3.40. The van der Waals surface area contributed by atoms with Gasteiger partial charge in [0.15, 0.2) is 17.3 Å². The Morgan fingerprint density at radius 2 is 2.19 bits per heavy atom. The van der Waals surface area contributed by atoms with Crippen molar-refractivity contribution in [2.75, 3.05) is 20.8 Å². The number of carbonyl (C=O) groups excluding carboxylic acids is 1. The predicted octanol–water partition coefficient (Wildman–Crippen LogP) is 1.63. The zero-order chi connectivity index (χ0) is 12.0. The van der Waals surface area contributed by atoms with Gasteiger partial charge in [-0.05, 0) is 23.8 Å². The Labute approximate surface area is 94.1 Å². The van der Waals surface area contributed by atoms with Gasteiger partial charge >= 0.3 is 0 Å². The van der Waals surface area contributed by atoms with E-state index in [2.05, 4.69) is 0 Å². The van der Waals surface area contributed by atoms with Gasteiger partial charge in [-0.3, -0.25) is 4.79 Å². The van der Waals surface area contributed by atoms with Crippen LogP contribution in [0.2, 0.25) is 0 Å². The van der Waals surface area contributed by atoms with Crippen LogP contribution in [0.5, 0.6) is 11.5 Å². The van der Waals surface area contributed by atoms with Crippen molar-refractivity contribution >= 4 is 11.9 Å². The molecule has 4 nitrogen and oxygen atoms in total. The number of benzene rings is 1. The highest BCUT2D eigenvalue weighted by molar-refractivity contribution is 5.94. The molecule has 0 fully saturated rings. The molecule has 0 heterocycles. The molecule has 1 N–H and O–H groups in total. The number of methoxy groups -OCH3 is 2. The van der Waals surface area contributed by atoms with Crippen molar-refractivity contribution in [3.63, 3.8) is 0 Å². The quantitative estimate of drug-likeness (QED) is 0.769. The molecule has 1 aromatic carbocycles. The summed E-state index contributed by atoms with van der Waals surface area (Å²) in [4.78, 5) is 11.1. The largest absolute Gasteiger partial charge is 0.504 e. The smallest absolute Gasteiger partial charge is 0.181 e. The highest BCUT2D eigenvalue weighted by Gasteiger charge is 2.01. The summed E-state index contributed by atoms with van der Waals surface area (Å²) in [7, 11) is 2.94. The van der Waals surface area contributed by atoms with E-state index in [0.29, 0.717) is 5.75 Å². The molecule has 0 unspecified atom stereocenters. The van der Waals surface area contributed by atoms with E-state index in [4.69, 9.17) is 9.47 Å². The highest BCUT2D eigenvalue weighted by Crippen LogP contribution is 2.26. The van der Waals surface area contributed by atoms with Gasteiger partial charge in [0.05, 0.1) is 7.11 Å². The lowest BCUT2D eigenvalue weighted by atomic mass is 10.1. The molecule has 0 spiro atoms. The van der Waals surface area contributed by atoms with Gasteiger partial charge in [0, 0.05) is 7.11 Å². The first-order valence-electron chi connectivity index (χ1n) is 4.74. The molecule has 4 heteroatoms. The van der Waals surface area contributed by atoms with Crippen LogP contribution in [0, 0.1) is 0 Å². The first-order chi connectivity index (χ1) is 7.67. The minimum absolute atomic E-state index is 0.0612. The number of phenols is 1. The highest BCUT2D eigenvalue weighted by atomic mass is 16.5. The molecule has 0 saturated heterocycles. The van der Waals surface area contributed by atoms with Gasteiger partial charge in [0.25, 0.3) is 0 Å². The summed E-state index contributed by atoms with van der Waals surface area (Å²) in [6.45, 7) is 0.0612. The standard InChI is InChI=1S/C12H14O4/c1-15-8-10(13)5-3-9-4-6-11(14)12(7-9)16-2/h3-7,14H,8H2,1-2H3/b5-3+. The topological polar surface area (TPSA) is 55.8 Å². The van der Waals surface area contributed by atoms with Crippen LogP contribution in [-0.2, 0) is 9.53 Å². The third-order valence-corrected chi connectivity index (χ3v) is 1.95. The minimum Gasteiger partial charge on any atom is -0.504 e. The van der Waals surface area contributed by atoms with E-state index >= 15 is 0 Å². The molecule has 86 valence electrons. The summed E-state index contributed by atoms with van der Waals surface area (Å²) < 4.78 is 9.64. The Hall–Kier alpha value is -1.81. The molecule has 0 aliphatic heterocycles. The van der Waals surface area contributed by atoms with Crippen LogP contribution in [0.3, 0.4) is 0 Å². The van der Waals surface area contributed by atoms with E-state index in [-0.39, 0.29) is 18.1 Å². The summed E-state index contributed by atoms with van der Waals surface area (Å²) in [6.07, 6.45) is 3.07. The summed E-state index contributed by atoms with van der Waals surface area (Å²) in [6, 6.07) is 4.85. The maximum Gasteiger partial charge on any atom is 0.181 e. The van der Waals surface area contributed by atoms with Crippen LogP contribution in [0.25, 0.3) is 6.08 Å². The minimum atomic E-state index is -0.116. The van der Waals surface area contributed by atoms with Crippen LogP contribution in [0.1, 0.15) is 5.56 Å². The number of hydrogen-bond acceptors (Lipinski definition) is 4. The van der Waals surface area contributed by atoms with Crippen molar-refractivity contribution in [2.24, 2.45) is 0 Å². The normalized spacial score (nSPS) is 10.6. The van der Waals surface area contributed by atoms with Crippen LogP contribution < -0.4 is 4.74 Å². The zero-order valence-corrected chi connectivity index (χ0v) is 9.27. The SMILES string of the molecule is COCC(=O)/C=C/c1ccc(O)c(OC)c1. The number of phenolic OH excluding ortho intramolecular Hbond substituents is 1. The Morgan fingerprint density at radius 1 is 1.44 bits per heavy atom. The number of carbonyl (C=O) groups is 1. The van der Waals surface area contributed by atoms with E-state index < -0.39 is 0 Å². The van der Waals surface area contributed by atoms with Crippen molar-refractivity contribution in [1.29, 1.82) is 0 Å². The fourth-order valence-electron chi connectivity index (χ4n) is 1.18. The van der Waals surface area contributed by atoms with Gasteiger partial charge in [-0.1, -0.05) is 12.1 Å². The second kappa shape index (κ2) is 5.92. The number of aromatic hydroxyl groups is 1. The molecule has 0 aromatic heterocycles. The molecule has 1 rings (SSSR count). The number of rotatable bonds is 5. The average Bonchev–Trinajstić information content (AvgIpc) is 2.28. The molecular formula is C12H14O4. The van der Waals surface area contributed by atoms with E-state index in [1.165, 1.54) is 26.4 Å². The molecule has 0 amide bonds. The summed E-state index contributed by atoms with van der Waals surface area (Å²) in [5.74, 6) is 0.332. The molecule has 0 radical (unpaired) electrons. The maximum atomic E-state index is 11.1. The van der Waals surface area contributed by atoms with Crippen molar-refractivity contribution in [3.8, 4) is 11.5 Å². The van der Waals surface area contributed by atoms with Crippen molar-refractivity contribution in [1.82, 2.24) is 0 Å². The Morgan fingerprint density at radius 3 is 2.81 bits per heavy atom. The second-order valence-corrected chi connectivity index (χ2v) is 3.16. The summed E-state index contributed by atoms with van der Waals surface area (Å²) in [5.41, 5.74) is 0.777. The van der Waals surface area contributed by atoms with E-state index in [0.717, 1.165) is 5.56 Å². The molecule has 1 aromatic rings. The summed E-state index contributed by atoms with van der Waals surface area (Å²) >= 11 is 0. The first-order valence-corrected chi connectivity index (χ1v) is 4.74. The molecule has 0 aliphatic carbocycles. The third-order valence-electron chi connectivity index (χ3n) is 1.95. The van der Waals surface area contributed by atoms with Gasteiger partial charge in [-0.25, -0.2) is 0 Å². The molecule has 0 saturated carbocycles. The molecule has 0 atom stereocenters. The van der Waals surface area contributed by atoms with Gasteiger partial charge in [0.1, 0.15) is 6.61 Å². The fraction of sp³-hybridized carbons (Fsp3) is 0.250. The second-order valence-electron chi connectivity index (χ2n) is 3.16. The number of ketones is 1. The zero-order valence-electron chi connectivity index (χ0n) is 9.27. The molecule has 0 aliphatic rings. The summed E-state index contributed by atoms with van der Waals surface area (Å²) in [5, 5.41) is 9.36. The molecular weight excluding hydrogens is 208 g/mol. The predicted molar refractivity (Wildman–Crippen MR) is 60.6 cm³/mol. The molecule has 0 bridgehead atoms. The average molecular weight is 222 g/mol. The Kier molecular flexibility index (Phi) is 4.54. The van der Waals surface area contributed by atoms with Crippen LogP contribution in [0.4, 0.5) is 0 Å². The number of ether oxygens (including phenoxy) is 2. The molecule has 16 heavy (non-hydrogen) atoms. The van der Waals surface area contributed by atoms with Gasteiger partial charge < -0.3 is 14.6 Å². The van der Waals surface area contributed by atoms with Crippen molar-refractivity contribution in [2.45, 2.75) is 0 Å². The van der Waals surface area contributed by atoms with Gasteiger partial charge in [0.2, 0.25) is 0 Å². The Balaban J connectivity index is 2.78. The lowest BCUT2D eigenvalue weighted by Gasteiger charge is -2.03. The van der Waals surface area contributed by atoms with Crippen LogP contribution in [-0.4, -0.2) is 31.7 Å².